The molecule has 0 saturated carbocycles. The first-order valence-corrected chi connectivity index (χ1v) is 7.61. The number of hydrogen-bond acceptors (Lipinski definition) is 5. The lowest BCUT2D eigenvalue weighted by Crippen LogP contribution is -2.30. The van der Waals surface area contributed by atoms with E-state index in [1.807, 2.05) is 36.5 Å². The molecule has 2 aliphatic heterocycles. The number of nitrogens with one attached hydrogen (secondary N) is 1. The smallest absolute Gasteiger partial charge is 0.165 e. The Morgan fingerprint density at radius 2 is 2.09 bits per heavy atom. The lowest BCUT2D eigenvalue weighted by molar-refractivity contribution is 0.414. The van der Waals surface area contributed by atoms with Gasteiger partial charge in [-0.15, -0.1) is 0 Å². The zero-order valence-electron chi connectivity index (χ0n) is 12.8. The fraction of sp³-hybridized carbons (Fsp3) is 0.222. The molecule has 23 heavy (non-hydrogen) atoms. The highest BCUT2D eigenvalue weighted by atomic mass is 16.5. The minimum absolute atomic E-state index is 0.195. The molecule has 2 aliphatic rings. The van der Waals surface area contributed by atoms with Crippen LogP contribution in [0.25, 0.3) is 5.57 Å². The van der Waals surface area contributed by atoms with Gasteiger partial charge in [0.25, 0.3) is 0 Å². The molecule has 4 rings (SSSR count). The van der Waals surface area contributed by atoms with Crippen LogP contribution in [0.1, 0.15) is 12.0 Å². The maximum atomic E-state index is 10.5. The Morgan fingerprint density at radius 1 is 1.26 bits per heavy atom. The Morgan fingerprint density at radius 3 is 2.87 bits per heavy atom. The molecule has 0 aromatic heterocycles. The van der Waals surface area contributed by atoms with Crippen LogP contribution in [-0.2, 0) is 6.54 Å². The quantitative estimate of drug-likeness (QED) is 0.848. The molecule has 0 aliphatic carbocycles. The Bertz CT molecular complexity index is 915. The monoisotopic (exact) mass is 307 g/mol. The van der Waals surface area contributed by atoms with Crippen molar-refractivity contribution < 1.29 is 9.84 Å². The van der Waals surface area contributed by atoms with Gasteiger partial charge in [-0.1, -0.05) is 12.1 Å². The highest BCUT2D eigenvalue weighted by Gasteiger charge is 2.18. The van der Waals surface area contributed by atoms with Crippen LogP contribution in [0.5, 0.6) is 11.5 Å². The van der Waals surface area contributed by atoms with Crippen molar-refractivity contribution in [2.75, 3.05) is 19.0 Å². The SMILES string of the molecule is COc1ccc(CNc2cc3c4c(c2O)N=CC=4CCN=3)cc1. The van der Waals surface area contributed by atoms with E-state index in [-0.39, 0.29) is 5.75 Å². The zero-order chi connectivity index (χ0) is 15.8. The molecule has 2 aromatic rings. The van der Waals surface area contributed by atoms with E-state index >= 15 is 0 Å². The van der Waals surface area contributed by atoms with Crippen LogP contribution in [-0.4, -0.2) is 25.0 Å². The minimum Gasteiger partial charge on any atom is -0.504 e. The molecule has 2 N–H and O–H groups in total. The van der Waals surface area contributed by atoms with Gasteiger partial charge in [0.15, 0.2) is 5.75 Å². The normalized spacial score (nSPS) is 14.4. The summed E-state index contributed by atoms with van der Waals surface area (Å²) in [6.45, 7) is 1.38. The largest absolute Gasteiger partial charge is 0.504 e. The first-order valence-electron chi connectivity index (χ1n) is 7.61. The topological polar surface area (TPSA) is 66.2 Å². The van der Waals surface area contributed by atoms with Crippen LogP contribution in [0.4, 0.5) is 11.4 Å². The number of methoxy groups -OCH3 is 1. The number of nitrogens with zero attached hydrogens (tertiary/aromatic N) is 2. The van der Waals surface area contributed by atoms with Crippen LogP contribution in [0.2, 0.25) is 0 Å². The summed E-state index contributed by atoms with van der Waals surface area (Å²) < 4.78 is 5.16. The van der Waals surface area contributed by atoms with Gasteiger partial charge < -0.3 is 15.2 Å². The van der Waals surface area contributed by atoms with E-state index in [2.05, 4.69) is 15.3 Å². The fourth-order valence-corrected chi connectivity index (χ4v) is 2.98. The molecule has 0 fully saturated rings. The number of aromatic hydroxyl groups is 1. The Hall–Kier alpha value is -2.82. The van der Waals surface area contributed by atoms with Crippen molar-refractivity contribution >= 4 is 23.2 Å². The second-order valence-electron chi connectivity index (χ2n) is 5.63. The van der Waals surface area contributed by atoms with Crippen LogP contribution in [0.15, 0.2) is 40.3 Å². The van der Waals surface area contributed by atoms with Crippen molar-refractivity contribution in [2.45, 2.75) is 13.0 Å². The molecule has 5 nitrogen and oxygen atoms in total. The zero-order valence-corrected chi connectivity index (χ0v) is 12.8. The van der Waals surface area contributed by atoms with Crippen molar-refractivity contribution in [3.63, 3.8) is 0 Å². The standard InChI is InChI=1S/C18H17N3O2/c1-23-13-4-2-11(3-5-13)9-20-15-8-14-16-12(6-7-19-14)10-21-17(16)18(15)22/h2-5,8,10,20,22H,6-7,9H2,1H3. The van der Waals surface area contributed by atoms with Crippen molar-refractivity contribution in [3.05, 3.63) is 46.5 Å². The second-order valence-corrected chi connectivity index (χ2v) is 5.63. The van der Waals surface area contributed by atoms with Crippen LogP contribution in [0, 0.1) is 0 Å². The lowest BCUT2D eigenvalue weighted by Gasteiger charge is -2.12. The molecule has 0 unspecified atom stereocenters. The van der Waals surface area contributed by atoms with E-state index < -0.39 is 0 Å². The summed E-state index contributed by atoms with van der Waals surface area (Å²) in [5, 5.41) is 15.7. The van der Waals surface area contributed by atoms with E-state index in [0.717, 1.165) is 34.9 Å². The van der Waals surface area contributed by atoms with Gasteiger partial charge in [-0.2, -0.15) is 0 Å². The number of phenolic OH excluding ortho intramolecular Hbond substituents is 1. The van der Waals surface area contributed by atoms with E-state index in [1.165, 1.54) is 5.57 Å². The van der Waals surface area contributed by atoms with Crippen molar-refractivity contribution in [2.24, 2.45) is 9.98 Å². The molecule has 0 atom stereocenters. The Kier molecular flexibility index (Phi) is 3.26. The number of ether oxygens (including phenoxy) is 1. The molecule has 116 valence electrons. The fourth-order valence-electron chi connectivity index (χ4n) is 2.98. The van der Waals surface area contributed by atoms with Crippen molar-refractivity contribution in [1.82, 2.24) is 0 Å². The van der Waals surface area contributed by atoms with Crippen LogP contribution < -0.4 is 20.6 Å². The maximum Gasteiger partial charge on any atom is 0.165 e. The van der Waals surface area contributed by atoms with E-state index in [1.54, 1.807) is 7.11 Å². The van der Waals surface area contributed by atoms with Gasteiger partial charge >= 0.3 is 0 Å². The number of anilines is 1. The Balaban J connectivity index is 1.65. The summed E-state index contributed by atoms with van der Waals surface area (Å²) in [5.74, 6) is 1.02. The van der Waals surface area contributed by atoms with Gasteiger partial charge in [0.2, 0.25) is 0 Å². The summed E-state index contributed by atoms with van der Waals surface area (Å²) in [5.41, 5.74) is 3.57. The third-order valence-corrected chi connectivity index (χ3v) is 4.23. The molecule has 0 saturated heterocycles. The average Bonchev–Trinajstić information content (AvgIpc) is 3.03. The number of hydrogen-bond donors (Lipinski definition) is 2. The van der Waals surface area contributed by atoms with Crippen LogP contribution >= 0.6 is 0 Å². The van der Waals surface area contributed by atoms with Gasteiger partial charge in [0, 0.05) is 24.5 Å². The van der Waals surface area contributed by atoms with Gasteiger partial charge in [-0.25, -0.2) is 0 Å². The number of benzene rings is 2. The third kappa shape index (κ3) is 2.34. The second kappa shape index (κ2) is 5.43. The van der Waals surface area contributed by atoms with Crippen molar-refractivity contribution in [3.8, 4) is 11.5 Å². The average molecular weight is 307 g/mol. The van der Waals surface area contributed by atoms with E-state index in [0.29, 0.717) is 17.9 Å². The molecule has 2 aromatic carbocycles. The molecule has 2 heterocycles. The molecule has 0 radical (unpaired) electrons. The van der Waals surface area contributed by atoms with Crippen molar-refractivity contribution in [1.29, 1.82) is 0 Å². The predicted molar refractivity (Wildman–Crippen MR) is 90.3 cm³/mol. The molecule has 0 amide bonds. The predicted octanol–water partition coefficient (Wildman–Crippen LogP) is 1.90. The molecule has 0 spiro atoms. The van der Waals surface area contributed by atoms with Gasteiger partial charge in [-0.05, 0) is 35.8 Å². The highest BCUT2D eigenvalue weighted by molar-refractivity contribution is 6.08. The number of rotatable bonds is 4. The van der Waals surface area contributed by atoms with E-state index in [4.69, 9.17) is 4.74 Å². The number of aliphatic imine (C=N–C) groups is 1. The lowest BCUT2D eigenvalue weighted by atomic mass is 10.1. The third-order valence-electron chi connectivity index (χ3n) is 4.23. The molecule has 5 heteroatoms. The minimum atomic E-state index is 0.195. The van der Waals surface area contributed by atoms with Gasteiger partial charge in [0.1, 0.15) is 11.4 Å². The summed E-state index contributed by atoms with van der Waals surface area (Å²) in [4.78, 5) is 8.92. The highest BCUT2D eigenvalue weighted by Crippen LogP contribution is 2.33. The summed E-state index contributed by atoms with van der Waals surface area (Å²) in [7, 11) is 1.65. The molecule has 0 bridgehead atoms. The number of phenols is 1. The van der Waals surface area contributed by atoms with Gasteiger partial charge in [-0.3, -0.25) is 9.98 Å². The van der Waals surface area contributed by atoms with E-state index in [9.17, 15) is 5.11 Å². The van der Waals surface area contributed by atoms with Crippen LogP contribution in [0.3, 0.4) is 0 Å². The first-order chi connectivity index (χ1) is 11.3. The summed E-state index contributed by atoms with van der Waals surface area (Å²) >= 11 is 0. The first kappa shape index (κ1) is 13.8. The Labute approximate surface area is 133 Å². The molecular formula is C18H17N3O2. The molecular weight excluding hydrogens is 290 g/mol. The summed E-state index contributed by atoms with van der Waals surface area (Å²) in [6, 6.07) is 9.74. The maximum absolute atomic E-state index is 10.5. The van der Waals surface area contributed by atoms with Gasteiger partial charge in [0.05, 0.1) is 18.2 Å². The summed E-state index contributed by atoms with van der Waals surface area (Å²) in [6.07, 6.45) is 2.73.